The minimum atomic E-state index is -4.03. The Hall–Kier alpha value is -3.89. The summed E-state index contributed by atoms with van der Waals surface area (Å²) in [4.78, 5) is 29.0. The summed E-state index contributed by atoms with van der Waals surface area (Å²) in [5.41, 5.74) is 0.226. The number of carbonyl (C=O) groups is 1. The predicted molar refractivity (Wildman–Crippen MR) is 125 cm³/mol. The van der Waals surface area contributed by atoms with Crippen LogP contribution in [0.15, 0.2) is 82.7 Å². The van der Waals surface area contributed by atoms with E-state index in [1.165, 1.54) is 24.5 Å². The molecular weight excluding hydrogens is 468 g/mol. The lowest BCUT2D eigenvalue weighted by molar-refractivity contribution is -0.116. The van der Waals surface area contributed by atoms with Crippen molar-refractivity contribution in [3.05, 3.63) is 88.4 Å². The zero-order valence-electron chi connectivity index (χ0n) is 16.9. The highest BCUT2D eigenvalue weighted by Crippen LogP contribution is 2.28. The van der Waals surface area contributed by atoms with Crippen LogP contribution in [0.4, 0.5) is 11.4 Å². The van der Waals surface area contributed by atoms with Gasteiger partial charge in [-0.2, -0.15) is 0 Å². The number of aromatic nitrogens is 2. The number of amides is 1. The van der Waals surface area contributed by atoms with Crippen molar-refractivity contribution in [3.8, 4) is 5.75 Å². The second-order valence-corrected chi connectivity index (χ2v) is 9.16. The Kier molecular flexibility index (Phi) is 6.03. The van der Waals surface area contributed by atoms with Gasteiger partial charge in [0, 0.05) is 5.02 Å². The van der Waals surface area contributed by atoms with Gasteiger partial charge in [-0.25, -0.2) is 13.4 Å². The van der Waals surface area contributed by atoms with Gasteiger partial charge in [0.1, 0.15) is 12.3 Å². The minimum Gasteiger partial charge on any atom is -0.506 e. The van der Waals surface area contributed by atoms with Crippen LogP contribution in [0.3, 0.4) is 0 Å². The van der Waals surface area contributed by atoms with E-state index in [1.54, 1.807) is 36.4 Å². The lowest BCUT2D eigenvalue weighted by atomic mass is 10.2. The number of hydrogen-bond donors (Lipinski definition) is 3. The molecule has 9 nitrogen and oxygen atoms in total. The van der Waals surface area contributed by atoms with Crippen LogP contribution in [0.1, 0.15) is 0 Å². The molecule has 168 valence electrons. The molecule has 1 aromatic heterocycles. The van der Waals surface area contributed by atoms with E-state index in [9.17, 15) is 23.1 Å². The maximum absolute atomic E-state index is 12.7. The van der Waals surface area contributed by atoms with E-state index in [4.69, 9.17) is 11.6 Å². The fraction of sp³-hybridized carbons (Fsp3) is 0.0455. The third-order valence-corrected chi connectivity index (χ3v) is 6.29. The topological polar surface area (TPSA) is 130 Å². The van der Waals surface area contributed by atoms with Gasteiger partial charge in [0.15, 0.2) is 0 Å². The van der Waals surface area contributed by atoms with Crippen molar-refractivity contribution in [2.24, 2.45) is 0 Å². The summed E-state index contributed by atoms with van der Waals surface area (Å²) in [5.74, 6) is -0.990. The standard InChI is InChI=1S/C22H17ClN4O5S/c23-14-4-3-5-15(10-14)26-33(31,32)16-8-9-20(28)19(11-16)25-21(29)12-27-13-24-18-7-2-1-6-17(18)22(27)30/h1-11,13,26,28H,12H2,(H,25,29). The van der Waals surface area contributed by atoms with E-state index in [0.29, 0.717) is 15.9 Å². The monoisotopic (exact) mass is 484 g/mol. The minimum absolute atomic E-state index is 0.129. The largest absolute Gasteiger partial charge is 0.506 e. The molecule has 0 saturated carbocycles. The molecule has 0 spiro atoms. The number of sulfonamides is 1. The van der Waals surface area contributed by atoms with E-state index in [-0.39, 0.29) is 28.6 Å². The maximum atomic E-state index is 12.7. The molecule has 0 saturated heterocycles. The normalized spacial score (nSPS) is 11.3. The van der Waals surface area contributed by atoms with Gasteiger partial charge < -0.3 is 10.4 Å². The Morgan fingerprint density at radius 2 is 1.85 bits per heavy atom. The number of carbonyl (C=O) groups excluding carboxylic acids is 1. The molecule has 1 amide bonds. The van der Waals surface area contributed by atoms with E-state index < -0.39 is 21.5 Å². The molecule has 0 radical (unpaired) electrons. The van der Waals surface area contributed by atoms with Gasteiger partial charge in [-0.1, -0.05) is 29.8 Å². The van der Waals surface area contributed by atoms with E-state index in [0.717, 1.165) is 16.7 Å². The summed E-state index contributed by atoms with van der Waals surface area (Å²) in [6.45, 7) is -0.381. The second-order valence-electron chi connectivity index (χ2n) is 7.04. The molecule has 0 aliphatic rings. The molecule has 0 aliphatic heterocycles. The van der Waals surface area contributed by atoms with Crippen LogP contribution in [-0.2, 0) is 21.4 Å². The lowest BCUT2D eigenvalue weighted by Gasteiger charge is -2.12. The van der Waals surface area contributed by atoms with Gasteiger partial charge in [0.05, 0.1) is 33.5 Å². The van der Waals surface area contributed by atoms with Crippen molar-refractivity contribution < 1.29 is 18.3 Å². The van der Waals surface area contributed by atoms with Gasteiger partial charge >= 0.3 is 0 Å². The first-order chi connectivity index (χ1) is 15.7. The average Bonchev–Trinajstić information content (AvgIpc) is 2.77. The molecule has 1 heterocycles. The first kappa shape index (κ1) is 22.3. The van der Waals surface area contributed by atoms with Gasteiger partial charge in [0.25, 0.3) is 15.6 Å². The summed E-state index contributed by atoms with van der Waals surface area (Å²) in [6.07, 6.45) is 1.25. The van der Waals surface area contributed by atoms with Crippen molar-refractivity contribution in [3.63, 3.8) is 0 Å². The van der Waals surface area contributed by atoms with Crippen LogP contribution in [0.5, 0.6) is 5.75 Å². The van der Waals surface area contributed by atoms with E-state index >= 15 is 0 Å². The molecule has 0 aliphatic carbocycles. The fourth-order valence-electron chi connectivity index (χ4n) is 3.11. The van der Waals surface area contributed by atoms with Gasteiger partial charge in [0.2, 0.25) is 5.91 Å². The zero-order chi connectivity index (χ0) is 23.6. The number of nitrogens with one attached hydrogen (secondary N) is 2. The first-order valence-corrected chi connectivity index (χ1v) is 11.4. The number of hydrogen-bond acceptors (Lipinski definition) is 6. The summed E-state index contributed by atoms with van der Waals surface area (Å²) in [5, 5.41) is 13.3. The molecule has 11 heteroatoms. The Morgan fingerprint density at radius 3 is 2.64 bits per heavy atom. The highest BCUT2D eigenvalue weighted by molar-refractivity contribution is 7.92. The Balaban J connectivity index is 1.55. The summed E-state index contributed by atoms with van der Waals surface area (Å²) in [6, 6.07) is 16.3. The molecule has 4 aromatic rings. The molecule has 0 atom stereocenters. The SMILES string of the molecule is O=C(Cn1cnc2ccccc2c1=O)Nc1cc(S(=O)(=O)Nc2cccc(Cl)c2)ccc1O. The fourth-order valence-corrected chi connectivity index (χ4v) is 4.38. The number of aromatic hydroxyl groups is 1. The maximum Gasteiger partial charge on any atom is 0.261 e. The van der Waals surface area contributed by atoms with Crippen molar-refractivity contribution >= 4 is 49.8 Å². The number of fused-ring (bicyclic) bond motifs is 1. The zero-order valence-corrected chi connectivity index (χ0v) is 18.5. The molecule has 4 rings (SSSR count). The van der Waals surface area contributed by atoms with Crippen molar-refractivity contribution in [1.82, 2.24) is 9.55 Å². The highest BCUT2D eigenvalue weighted by Gasteiger charge is 2.18. The number of nitrogens with zero attached hydrogens (tertiary/aromatic N) is 2. The van der Waals surface area contributed by atoms with Gasteiger partial charge in [-0.05, 0) is 48.5 Å². The number of phenolic OH excluding ortho intramolecular Hbond substituents is 1. The average molecular weight is 485 g/mol. The molecule has 3 aromatic carbocycles. The third-order valence-electron chi connectivity index (χ3n) is 4.67. The number of phenols is 1. The van der Waals surface area contributed by atoms with Crippen molar-refractivity contribution in [2.75, 3.05) is 10.0 Å². The summed E-state index contributed by atoms with van der Waals surface area (Å²) < 4.78 is 28.9. The number of halogens is 1. The Bertz CT molecular complexity index is 1540. The van der Waals surface area contributed by atoms with Gasteiger partial charge in [-0.15, -0.1) is 0 Å². The second kappa shape index (κ2) is 8.93. The van der Waals surface area contributed by atoms with E-state index in [2.05, 4.69) is 15.0 Å². The first-order valence-electron chi connectivity index (χ1n) is 9.58. The molecule has 3 N–H and O–H groups in total. The predicted octanol–water partition coefficient (Wildman–Crippen LogP) is 3.20. The number of anilines is 2. The molecular formula is C22H17ClN4O5S. The molecule has 33 heavy (non-hydrogen) atoms. The quantitative estimate of drug-likeness (QED) is 0.360. The third kappa shape index (κ3) is 4.97. The molecule has 0 unspecified atom stereocenters. The van der Waals surface area contributed by atoms with Crippen LogP contribution in [0, 0.1) is 0 Å². The molecule has 0 bridgehead atoms. The van der Waals surface area contributed by atoms with Gasteiger partial charge in [-0.3, -0.25) is 18.9 Å². The van der Waals surface area contributed by atoms with Crippen LogP contribution < -0.4 is 15.6 Å². The summed E-state index contributed by atoms with van der Waals surface area (Å²) >= 11 is 5.89. The lowest BCUT2D eigenvalue weighted by Crippen LogP contribution is -2.28. The smallest absolute Gasteiger partial charge is 0.261 e. The van der Waals surface area contributed by atoms with Crippen LogP contribution in [0.25, 0.3) is 10.9 Å². The Labute approximate surface area is 193 Å². The van der Waals surface area contributed by atoms with Crippen LogP contribution in [0.2, 0.25) is 5.02 Å². The van der Waals surface area contributed by atoms with E-state index in [1.807, 2.05) is 0 Å². The van der Waals surface area contributed by atoms with Crippen molar-refractivity contribution in [2.45, 2.75) is 11.4 Å². The molecule has 0 fully saturated rings. The number of para-hydroxylation sites is 1. The van der Waals surface area contributed by atoms with Crippen LogP contribution in [-0.4, -0.2) is 29.0 Å². The number of benzene rings is 3. The van der Waals surface area contributed by atoms with Crippen molar-refractivity contribution in [1.29, 1.82) is 0 Å². The number of rotatable bonds is 6. The highest BCUT2D eigenvalue weighted by atomic mass is 35.5. The van der Waals surface area contributed by atoms with Crippen LogP contribution >= 0.6 is 11.6 Å². The Morgan fingerprint density at radius 1 is 1.06 bits per heavy atom. The summed E-state index contributed by atoms with van der Waals surface area (Å²) in [7, 11) is -4.03.